The zero-order valence-electron chi connectivity index (χ0n) is 16.6. The van der Waals surface area contributed by atoms with Crippen LogP contribution in [0.5, 0.6) is 11.5 Å². The molecule has 0 aliphatic heterocycles. The average molecular weight is 420 g/mol. The maximum Gasteiger partial charge on any atom is 0.322 e. The summed E-state index contributed by atoms with van der Waals surface area (Å²) in [6.07, 6.45) is 1.83. The van der Waals surface area contributed by atoms with Gasteiger partial charge in [0.2, 0.25) is 10.0 Å². The number of sulfonamides is 1. The van der Waals surface area contributed by atoms with Crippen LogP contribution >= 0.6 is 0 Å². The topological polar surface area (TPSA) is 99.2 Å². The number of hydrogen-bond donors (Lipinski definition) is 2. The number of carbonyl (C=O) groups excluding carboxylic acids is 1. The Bertz CT molecular complexity index is 1000. The van der Waals surface area contributed by atoms with Crippen molar-refractivity contribution >= 4 is 21.7 Å². The summed E-state index contributed by atoms with van der Waals surface area (Å²) in [6.45, 7) is 0.350. The van der Waals surface area contributed by atoms with Gasteiger partial charge in [0.1, 0.15) is 0 Å². The minimum atomic E-state index is -3.59. The van der Waals surface area contributed by atoms with Crippen molar-refractivity contribution in [1.29, 1.82) is 0 Å². The molecule has 0 radical (unpaired) electrons. The number of nitrogens with one attached hydrogen (secondary N) is 1. The van der Waals surface area contributed by atoms with Crippen molar-refractivity contribution in [3.05, 3.63) is 48.0 Å². The van der Waals surface area contributed by atoms with Crippen molar-refractivity contribution in [2.45, 2.75) is 30.3 Å². The van der Waals surface area contributed by atoms with Crippen LogP contribution in [-0.2, 0) is 16.6 Å². The van der Waals surface area contributed by atoms with E-state index in [1.807, 2.05) is 0 Å². The normalized spacial score (nSPS) is 13.9. The molecule has 1 aliphatic carbocycles. The number of phenolic OH excluding ortho intramolecular Hbond substituents is 1. The molecule has 0 spiro atoms. The molecule has 2 N–H and O–H groups in total. The first kappa shape index (κ1) is 20.9. The van der Waals surface area contributed by atoms with Crippen LogP contribution in [0.3, 0.4) is 0 Å². The van der Waals surface area contributed by atoms with E-state index >= 15 is 0 Å². The number of carbonyl (C=O) groups is 1. The van der Waals surface area contributed by atoms with Crippen molar-refractivity contribution in [2.75, 3.05) is 26.5 Å². The number of methoxy groups -OCH3 is 1. The van der Waals surface area contributed by atoms with Crippen molar-refractivity contribution in [1.82, 2.24) is 9.21 Å². The fourth-order valence-corrected chi connectivity index (χ4v) is 3.86. The van der Waals surface area contributed by atoms with E-state index in [1.54, 1.807) is 29.2 Å². The van der Waals surface area contributed by atoms with Gasteiger partial charge in [-0.1, -0.05) is 12.1 Å². The molecular formula is C20H25N3O5S. The molecule has 29 heavy (non-hydrogen) atoms. The summed E-state index contributed by atoms with van der Waals surface area (Å²) >= 11 is 0. The Kier molecular flexibility index (Phi) is 5.99. The summed E-state index contributed by atoms with van der Waals surface area (Å²) in [4.78, 5) is 14.7. The molecule has 1 aliphatic rings. The third-order valence-corrected chi connectivity index (χ3v) is 6.52. The number of aromatic hydroxyl groups is 1. The SMILES string of the molecule is COc1cc(CN(C(=O)Nc2cccc(S(=O)(=O)N(C)C)c2)C2CC2)ccc1O. The van der Waals surface area contributed by atoms with Gasteiger partial charge >= 0.3 is 6.03 Å². The number of urea groups is 1. The zero-order valence-corrected chi connectivity index (χ0v) is 17.4. The monoisotopic (exact) mass is 419 g/mol. The first-order valence-corrected chi connectivity index (χ1v) is 10.6. The maximum absolute atomic E-state index is 12.9. The quantitative estimate of drug-likeness (QED) is 0.719. The first-order valence-electron chi connectivity index (χ1n) is 9.18. The lowest BCUT2D eigenvalue weighted by Crippen LogP contribution is -2.36. The number of rotatable bonds is 7. The molecule has 0 saturated heterocycles. The number of amides is 2. The summed E-state index contributed by atoms with van der Waals surface area (Å²) in [5, 5.41) is 12.6. The summed E-state index contributed by atoms with van der Waals surface area (Å²) in [5.41, 5.74) is 1.23. The molecule has 8 nitrogen and oxygen atoms in total. The third kappa shape index (κ3) is 4.80. The van der Waals surface area contributed by atoms with E-state index in [1.165, 1.54) is 39.4 Å². The van der Waals surface area contributed by atoms with Gasteiger partial charge in [0, 0.05) is 32.4 Å². The molecule has 0 unspecified atom stereocenters. The number of nitrogens with zero attached hydrogens (tertiary/aromatic N) is 2. The van der Waals surface area contributed by atoms with Crippen LogP contribution in [0.15, 0.2) is 47.4 Å². The van der Waals surface area contributed by atoms with Gasteiger partial charge in [0.05, 0.1) is 12.0 Å². The second-order valence-electron chi connectivity index (χ2n) is 7.11. The molecule has 2 aromatic rings. The maximum atomic E-state index is 12.9. The van der Waals surface area contributed by atoms with E-state index in [-0.39, 0.29) is 22.7 Å². The van der Waals surface area contributed by atoms with Crippen LogP contribution in [0, 0.1) is 0 Å². The highest BCUT2D eigenvalue weighted by Gasteiger charge is 2.33. The van der Waals surface area contributed by atoms with Gasteiger partial charge in [-0.05, 0) is 48.7 Å². The van der Waals surface area contributed by atoms with Gasteiger partial charge in [-0.25, -0.2) is 17.5 Å². The average Bonchev–Trinajstić information content (AvgIpc) is 3.52. The van der Waals surface area contributed by atoms with Gasteiger partial charge in [-0.15, -0.1) is 0 Å². The summed E-state index contributed by atoms with van der Waals surface area (Å²) < 4.78 is 30.9. The molecule has 0 atom stereocenters. The van der Waals surface area contributed by atoms with E-state index in [4.69, 9.17) is 4.74 Å². The Labute approximate surface area is 170 Å². The Morgan fingerprint density at radius 3 is 2.55 bits per heavy atom. The third-order valence-electron chi connectivity index (χ3n) is 4.71. The highest BCUT2D eigenvalue weighted by Crippen LogP contribution is 2.32. The Morgan fingerprint density at radius 2 is 1.93 bits per heavy atom. The molecule has 2 aromatic carbocycles. The molecule has 3 rings (SSSR count). The lowest BCUT2D eigenvalue weighted by atomic mass is 10.2. The van der Waals surface area contributed by atoms with Crippen LogP contribution in [-0.4, -0.2) is 56.0 Å². The number of hydrogen-bond acceptors (Lipinski definition) is 5. The second kappa shape index (κ2) is 8.30. The molecule has 2 amide bonds. The fourth-order valence-electron chi connectivity index (χ4n) is 2.91. The van der Waals surface area contributed by atoms with Crippen molar-refractivity contribution < 1.29 is 23.1 Å². The standard InChI is InChI=1S/C20H25N3O5S/c1-22(2)29(26,27)17-6-4-5-15(12-17)21-20(25)23(16-8-9-16)13-14-7-10-18(24)19(11-14)28-3/h4-7,10-12,16,24H,8-9,13H2,1-3H3,(H,21,25). The van der Waals surface area contributed by atoms with Gasteiger partial charge < -0.3 is 20.1 Å². The zero-order chi connectivity index (χ0) is 21.2. The van der Waals surface area contributed by atoms with Crippen LogP contribution in [0.1, 0.15) is 18.4 Å². The number of anilines is 1. The Hall–Kier alpha value is -2.78. The number of ether oxygens (including phenoxy) is 1. The Balaban J connectivity index is 1.78. The molecule has 0 heterocycles. The molecular weight excluding hydrogens is 394 g/mol. The Morgan fingerprint density at radius 1 is 1.21 bits per heavy atom. The second-order valence-corrected chi connectivity index (χ2v) is 9.26. The summed E-state index contributed by atoms with van der Waals surface area (Å²) in [6, 6.07) is 11.0. The van der Waals surface area contributed by atoms with Crippen LogP contribution in [0.2, 0.25) is 0 Å². The minimum Gasteiger partial charge on any atom is -0.504 e. The van der Waals surface area contributed by atoms with Crippen LogP contribution in [0.25, 0.3) is 0 Å². The summed E-state index contributed by atoms with van der Waals surface area (Å²) in [7, 11) is 0.802. The number of benzene rings is 2. The lowest BCUT2D eigenvalue weighted by Gasteiger charge is -2.23. The largest absolute Gasteiger partial charge is 0.504 e. The van der Waals surface area contributed by atoms with Crippen molar-refractivity contribution in [3.63, 3.8) is 0 Å². The molecule has 1 fully saturated rings. The van der Waals surface area contributed by atoms with E-state index in [0.29, 0.717) is 18.0 Å². The highest BCUT2D eigenvalue weighted by molar-refractivity contribution is 7.89. The molecule has 9 heteroatoms. The predicted octanol–water partition coefficient (Wildman–Crippen LogP) is 2.85. The molecule has 0 aromatic heterocycles. The van der Waals surface area contributed by atoms with E-state index in [9.17, 15) is 18.3 Å². The molecule has 0 bridgehead atoms. The lowest BCUT2D eigenvalue weighted by molar-refractivity contribution is 0.206. The van der Waals surface area contributed by atoms with E-state index < -0.39 is 10.0 Å². The van der Waals surface area contributed by atoms with Gasteiger partial charge in [-0.2, -0.15) is 0 Å². The van der Waals surface area contributed by atoms with Gasteiger partial charge in [0.15, 0.2) is 11.5 Å². The smallest absolute Gasteiger partial charge is 0.322 e. The van der Waals surface area contributed by atoms with E-state index in [0.717, 1.165) is 22.7 Å². The predicted molar refractivity (Wildman–Crippen MR) is 110 cm³/mol. The van der Waals surface area contributed by atoms with Crippen molar-refractivity contribution in [2.24, 2.45) is 0 Å². The minimum absolute atomic E-state index is 0.0394. The van der Waals surface area contributed by atoms with Crippen LogP contribution < -0.4 is 10.1 Å². The van der Waals surface area contributed by atoms with E-state index in [2.05, 4.69) is 5.32 Å². The molecule has 1 saturated carbocycles. The van der Waals surface area contributed by atoms with Crippen LogP contribution in [0.4, 0.5) is 10.5 Å². The summed E-state index contributed by atoms with van der Waals surface area (Å²) in [5.74, 6) is 0.387. The number of phenols is 1. The first-order chi connectivity index (χ1) is 13.7. The van der Waals surface area contributed by atoms with Gasteiger partial charge in [-0.3, -0.25) is 0 Å². The fraction of sp³-hybridized carbons (Fsp3) is 0.350. The van der Waals surface area contributed by atoms with Gasteiger partial charge in [0.25, 0.3) is 0 Å². The van der Waals surface area contributed by atoms with Crippen molar-refractivity contribution in [3.8, 4) is 11.5 Å². The highest BCUT2D eigenvalue weighted by atomic mass is 32.2. The molecule has 156 valence electrons.